The summed E-state index contributed by atoms with van der Waals surface area (Å²) in [7, 11) is 1.71. The lowest BCUT2D eigenvalue weighted by atomic mass is 10.0. The second-order valence-electron chi connectivity index (χ2n) is 5.14. The van der Waals surface area contributed by atoms with Crippen LogP contribution in [0.15, 0.2) is 33.5 Å². The summed E-state index contributed by atoms with van der Waals surface area (Å²) in [5, 5.41) is 13.8. The number of nitrogens with zero attached hydrogens (tertiary/aromatic N) is 2. The van der Waals surface area contributed by atoms with Crippen molar-refractivity contribution in [3.63, 3.8) is 0 Å². The molecule has 0 bridgehead atoms. The highest BCUT2D eigenvalue weighted by molar-refractivity contribution is 8.17. The highest BCUT2D eigenvalue weighted by atomic mass is 32.2. The standard InChI is InChI=1S/C16H16N2O2S2/c1-20-12-3-2-10(11-5-9-21-15(11)12)14-13(4-8-19)22-16-17-6-7-18(14)16/h2-3,5,9,19H,4,6-8H2,1H3. The predicted molar refractivity (Wildman–Crippen MR) is 93.6 cm³/mol. The van der Waals surface area contributed by atoms with Gasteiger partial charge in [0.2, 0.25) is 0 Å². The van der Waals surface area contributed by atoms with Crippen molar-refractivity contribution >= 4 is 44.0 Å². The highest BCUT2D eigenvalue weighted by Crippen LogP contribution is 2.46. The third-order valence-electron chi connectivity index (χ3n) is 3.94. The molecule has 2 aromatic rings. The van der Waals surface area contributed by atoms with Crippen LogP contribution in [0.4, 0.5) is 0 Å². The summed E-state index contributed by atoms with van der Waals surface area (Å²) in [5.74, 6) is 0.916. The van der Waals surface area contributed by atoms with Crippen molar-refractivity contribution in [1.29, 1.82) is 0 Å². The monoisotopic (exact) mass is 332 g/mol. The van der Waals surface area contributed by atoms with Crippen LogP contribution < -0.4 is 4.74 Å². The molecule has 1 aromatic heterocycles. The van der Waals surface area contributed by atoms with E-state index in [0.29, 0.717) is 6.42 Å². The first-order valence-electron chi connectivity index (χ1n) is 7.22. The first-order valence-corrected chi connectivity index (χ1v) is 8.91. The van der Waals surface area contributed by atoms with Crippen LogP contribution in [0.1, 0.15) is 12.0 Å². The maximum absolute atomic E-state index is 9.39. The minimum atomic E-state index is 0.163. The van der Waals surface area contributed by atoms with Gasteiger partial charge in [0.1, 0.15) is 5.75 Å². The molecule has 0 spiro atoms. The Morgan fingerprint density at radius 3 is 3.09 bits per heavy atom. The zero-order valence-corrected chi connectivity index (χ0v) is 13.8. The maximum atomic E-state index is 9.39. The van der Waals surface area contributed by atoms with Gasteiger partial charge in [-0.05, 0) is 23.6 Å². The molecular formula is C16H16N2O2S2. The Morgan fingerprint density at radius 1 is 1.36 bits per heavy atom. The van der Waals surface area contributed by atoms with Crippen LogP contribution in [0.5, 0.6) is 5.75 Å². The Hall–Kier alpha value is -1.50. The van der Waals surface area contributed by atoms with E-state index in [4.69, 9.17) is 4.74 Å². The molecule has 0 saturated heterocycles. The van der Waals surface area contributed by atoms with E-state index in [9.17, 15) is 5.11 Å². The number of aliphatic hydroxyl groups excluding tert-OH is 1. The molecule has 114 valence electrons. The largest absolute Gasteiger partial charge is 0.495 e. The number of fused-ring (bicyclic) bond motifs is 2. The SMILES string of the molecule is COc1ccc(C2=C(CCO)SC3=NCCN32)c2ccsc12. The summed E-state index contributed by atoms with van der Waals surface area (Å²) in [4.78, 5) is 8.06. The third kappa shape index (κ3) is 2.06. The molecule has 0 radical (unpaired) electrons. The first-order chi connectivity index (χ1) is 10.8. The molecule has 22 heavy (non-hydrogen) atoms. The fourth-order valence-electron chi connectivity index (χ4n) is 3.00. The van der Waals surface area contributed by atoms with Gasteiger partial charge in [-0.2, -0.15) is 0 Å². The van der Waals surface area contributed by atoms with Gasteiger partial charge in [-0.15, -0.1) is 11.3 Å². The van der Waals surface area contributed by atoms with E-state index < -0.39 is 0 Å². The van der Waals surface area contributed by atoms with Gasteiger partial charge in [0.25, 0.3) is 0 Å². The molecule has 0 amide bonds. The van der Waals surface area contributed by atoms with E-state index in [2.05, 4.69) is 27.4 Å². The predicted octanol–water partition coefficient (Wildman–Crippen LogP) is 3.38. The van der Waals surface area contributed by atoms with Crippen molar-refractivity contribution in [2.45, 2.75) is 6.42 Å². The number of amidine groups is 1. The molecule has 3 heterocycles. The van der Waals surface area contributed by atoms with Crippen molar-refractivity contribution in [3.05, 3.63) is 34.0 Å². The molecule has 0 saturated carbocycles. The Kier molecular flexibility index (Phi) is 3.60. The van der Waals surface area contributed by atoms with Crippen molar-refractivity contribution < 1.29 is 9.84 Å². The van der Waals surface area contributed by atoms with Gasteiger partial charge in [0.15, 0.2) is 5.17 Å². The van der Waals surface area contributed by atoms with E-state index in [1.54, 1.807) is 30.2 Å². The molecule has 1 N–H and O–H groups in total. The fourth-order valence-corrected chi connectivity index (χ4v) is 5.09. The number of hydrogen-bond acceptors (Lipinski definition) is 6. The van der Waals surface area contributed by atoms with Gasteiger partial charge in [-0.25, -0.2) is 0 Å². The average molecular weight is 332 g/mol. The minimum absolute atomic E-state index is 0.163. The van der Waals surface area contributed by atoms with Crippen molar-refractivity contribution in [2.75, 3.05) is 26.8 Å². The zero-order chi connectivity index (χ0) is 15.1. The minimum Gasteiger partial charge on any atom is -0.495 e. The summed E-state index contributed by atoms with van der Waals surface area (Å²) in [6, 6.07) is 6.31. The lowest BCUT2D eigenvalue weighted by molar-refractivity contribution is 0.301. The second kappa shape index (κ2) is 5.61. The second-order valence-corrected chi connectivity index (χ2v) is 7.12. The fraction of sp³-hybridized carbons (Fsp3) is 0.312. The molecular weight excluding hydrogens is 316 g/mol. The van der Waals surface area contributed by atoms with Gasteiger partial charge in [-0.3, -0.25) is 4.99 Å². The topological polar surface area (TPSA) is 45.1 Å². The van der Waals surface area contributed by atoms with Crippen LogP contribution in [0.25, 0.3) is 15.8 Å². The van der Waals surface area contributed by atoms with Crippen LogP contribution >= 0.6 is 23.1 Å². The van der Waals surface area contributed by atoms with Crippen LogP contribution in [0.2, 0.25) is 0 Å². The smallest absolute Gasteiger partial charge is 0.168 e. The van der Waals surface area contributed by atoms with Crippen LogP contribution in [-0.2, 0) is 0 Å². The summed E-state index contributed by atoms with van der Waals surface area (Å²) in [6.07, 6.45) is 0.674. The van der Waals surface area contributed by atoms with Crippen molar-refractivity contribution in [2.24, 2.45) is 4.99 Å². The van der Waals surface area contributed by atoms with Gasteiger partial charge >= 0.3 is 0 Å². The Bertz CT molecular complexity index is 795. The van der Waals surface area contributed by atoms with Crippen LogP contribution in [0.3, 0.4) is 0 Å². The van der Waals surface area contributed by atoms with E-state index in [1.807, 2.05) is 6.07 Å². The average Bonchev–Trinajstić information content (AvgIpc) is 3.21. The van der Waals surface area contributed by atoms with Crippen molar-refractivity contribution in [1.82, 2.24) is 4.90 Å². The van der Waals surface area contributed by atoms with Gasteiger partial charge in [-0.1, -0.05) is 11.8 Å². The maximum Gasteiger partial charge on any atom is 0.168 e. The van der Waals surface area contributed by atoms with E-state index in [0.717, 1.165) is 24.0 Å². The molecule has 4 nitrogen and oxygen atoms in total. The number of methoxy groups -OCH3 is 1. The highest BCUT2D eigenvalue weighted by Gasteiger charge is 2.33. The lowest BCUT2D eigenvalue weighted by Crippen LogP contribution is -2.20. The lowest BCUT2D eigenvalue weighted by Gasteiger charge is -2.19. The number of thiophene rings is 1. The number of benzene rings is 1. The number of aliphatic hydroxyl groups is 1. The summed E-state index contributed by atoms with van der Waals surface area (Å²) >= 11 is 3.40. The Labute approximate surface area is 137 Å². The third-order valence-corrected chi connectivity index (χ3v) is 6.05. The van der Waals surface area contributed by atoms with Crippen LogP contribution in [-0.4, -0.2) is 42.0 Å². The molecule has 6 heteroatoms. The van der Waals surface area contributed by atoms with E-state index in [1.165, 1.54) is 26.3 Å². The zero-order valence-electron chi connectivity index (χ0n) is 12.2. The normalized spacial score (nSPS) is 17.4. The number of aliphatic imine (C=N–C) groups is 1. The first kappa shape index (κ1) is 14.1. The van der Waals surface area contributed by atoms with Gasteiger partial charge in [0.05, 0.1) is 24.1 Å². The Morgan fingerprint density at radius 2 is 2.27 bits per heavy atom. The molecule has 0 atom stereocenters. The molecule has 0 aliphatic carbocycles. The molecule has 1 aromatic carbocycles. The van der Waals surface area contributed by atoms with Crippen molar-refractivity contribution in [3.8, 4) is 5.75 Å². The number of thioether (sulfide) groups is 1. The molecule has 0 fully saturated rings. The number of ether oxygens (including phenoxy) is 1. The molecule has 0 unspecified atom stereocenters. The quantitative estimate of drug-likeness (QED) is 0.932. The molecule has 4 rings (SSSR count). The van der Waals surface area contributed by atoms with E-state index >= 15 is 0 Å². The summed E-state index contributed by atoms with van der Waals surface area (Å²) in [5.41, 5.74) is 2.42. The molecule has 2 aliphatic heterocycles. The number of hydrogen-bond donors (Lipinski definition) is 1. The van der Waals surface area contributed by atoms with Gasteiger partial charge < -0.3 is 14.7 Å². The Balaban J connectivity index is 1.91. The summed E-state index contributed by atoms with van der Waals surface area (Å²) < 4.78 is 6.65. The molecule has 2 aliphatic rings. The summed E-state index contributed by atoms with van der Waals surface area (Å²) in [6.45, 7) is 1.93. The number of rotatable bonds is 4. The van der Waals surface area contributed by atoms with E-state index in [-0.39, 0.29) is 6.61 Å². The van der Waals surface area contributed by atoms with Crippen LogP contribution in [0, 0.1) is 0 Å². The van der Waals surface area contributed by atoms with Gasteiger partial charge in [0, 0.05) is 35.4 Å².